The standard InChI is InChI=1S/C17H25N3O3.ClH/c1-2-23-15-8-4-3-7-14(15)17(22)20-11-5-6-13(12-20)16(21)19-10-9-18;/h3-4,7-8,13H,2,5-6,9-12,18H2,1H3,(H,19,21);1H. The molecule has 2 amide bonds. The lowest BCUT2D eigenvalue weighted by atomic mass is 9.96. The van der Waals surface area contributed by atoms with E-state index < -0.39 is 0 Å². The van der Waals surface area contributed by atoms with Gasteiger partial charge in [-0.3, -0.25) is 9.59 Å². The van der Waals surface area contributed by atoms with Crippen molar-refractivity contribution in [3.05, 3.63) is 29.8 Å². The van der Waals surface area contributed by atoms with Crippen LogP contribution in [-0.2, 0) is 4.79 Å². The van der Waals surface area contributed by atoms with Crippen LogP contribution in [0, 0.1) is 5.92 Å². The highest BCUT2D eigenvalue weighted by Crippen LogP contribution is 2.23. The fraction of sp³-hybridized carbons (Fsp3) is 0.529. The number of benzene rings is 1. The average molecular weight is 356 g/mol. The molecule has 1 unspecified atom stereocenters. The molecule has 1 aliphatic rings. The molecule has 0 aliphatic carbocycles. The summed E-state index contributed by atoms with van der Waals surface area (Å²) in [6.07, 6.45) is 1.62. The van der Waals surface area contributed by atoms with Crippen LogP contribution in [0.15, 0.2) is 24.3 Å². The van der Waals surface area contributed by atoms with Crippen LogP contribution in [-0.4, -0.2) is 49.5 Å². The number of carbonyl (C=O) groups is 2. The van der Waals surface area contributed by atoms with E-state index in [-0.39, 0.29) is 30.1 Å². The topological polar surface area (TPSA) is 84.7 Å². The number of nitrogens with two attached hydrogens (primary N) is 1. The van der Waals surface area contributed by atoms with Gasteiger partial charge < -0.3 is 20.7 Å². The van der Waals surface area contributed by atoms with E-state index in [4.69, 9.17) is 10.5 Å². The van der Waals surface area contributed by atoms with Crippen molar-refractivity contribution in [3.8, 4) is 5.75 Å². The Kier molecular flexibility index (Phi) is 8.57. The predicted molar refractivity (Wildman–Crippen MR) is 95.6 cm³/mol. The van der Waals surface area contributed by atoms with Crippen LogP contribution >= 0.6 is 12.4 Å². The second-order valence-electron chi connectivity index (χ2n) is 5.60. The number of amides is 2. The van der Waals surface area contributed by atoms with Gasteiger partial charge in [-0.05, 0) is 31.9 Å². The summed E-state index contributed by atoms with van der Waals surface area (Å²) >= 11 is 0. The Bertz CT molecular complexity index is 554. The van der Waals surface area contributed by atoms with Crippen molar-refractivity contribution in [3.63, 3.8) is 0 Å². The summed E-state index contributed by atoms with van der Waals surface area (Å²) in [4.78, 5) is 26.6. The van der Waals surface area contributed by atoms with Crippen LogP contribution in [0.5, 0.6) is 5.75 Å². The summed E-state index contributed by atoms with van der Waals surface area (Å²) < 4.78 is 5.54. The molecule has 1 fully saturated rings. The van der Waals surface area contributed by atoms with Gasteiger partial charge in [0, 0.05) is 26.2 Å². The third-order valence-corrected chi connectivity index (χ3v) is 3.94. The van der Waals surface area contributed by atoms with E-state index in [1.54, 1.807) is 17.0 Å². The van der Waals surface area contributed by atoms with Crippen molar-refractivity contribution in [2.24, 2.45) is 11.7 Å². The number of rotatable bonds is 6. The van der Waals surface area contributed by atoms with Gasteiger partial charge in [-0.1, -0.05) is 12.1 Å². The molecular weight excluding hydrogens is 330 g/mol. The van der Waals surface area contributed by atoms with Gasteiger partial charge >= 0.3 is 0 Å². The maximum atomic E-state index is 12.8. The molecule has 0 radical (unpaired) electrons. The molecule has 1 atom stereocenters. The molecule has 0 saturated carbocycles. The Balaban J connectivity index is 0.00000288. The van der Waals surface area contributed by atoms with Gasteiger partial charge in [0.25, 0.3) is 5.91 Å². The molecule has 6 nitrogen and oxygen atoms in total. The molecular formula is C17H26ClN3O3. The van der Waals surface area contributed by atoms with Gasteiger partial charge in [0.2, 0.25) is 5.91 Å². The van der Waals surface area contributed by atoms with Crippen LogP contribution < -0.4 is 15.8 Å². The number of carbonyl (C=O) groups excluding carboxylic acids is 2. The molecule has 1 aliphatic heterocycles. The number of hydrogen-bond acceptors (Lipinski definition) is 4. The zero-order valence-electron chi connectivity index (χ0n) is 14.0. The normalized spacial score (nSPS) is 16.9. The predicted octanol–water partition coefficient (Wildman–Crippen LogP) is 1.43. The third kappa shape index (κ3) is 5.11. The summed E-state index contributed by atoms with van der Waals surface area (Å²) in [5.74, 6) is 0.324. The van der Waals surface area contributed by atoms with Crippen molar-refractivity contribution in [1.29, 1.82) is 0 Å². The number of nitrogens with zero attached hydrogens (tertiary/aromatic N) is 1. The van der Waals surface area contributed by atoms with Crippen molar-refractivity contribution >= 4 is 24.2 Å². The lowest BCUT2D eigenvalue weighted by Gasteiger charge is -2.32. The maximum absolute atomic E-state index is 12.8. The van der Waals surface area contributed by atoms with E-state index in [0.29, 0.717) is 44.1 Å². The van der Waals surface area contributed by atoms with E-state index in [1.165, 1.54) is 0 Å². The van der Waals surface area contributed by atoms with E-state index in [9.17, 15) is 9.59 Å². The highest BCUT2D eigenvalue weighted by Gasteiger charge is 2.29. The molecule has 1 aromatic rings. The van der Waals surface area contributed by atoms with E-state index >= 15 is 0 Å². The van der Waals surface area contributed by atoms with Crippen LogP contribution in [0.25, 0.3) is 0 Å². The number of hydrogen-bond donors (Lipinski definition) is 2. The Labute approximate surface area is 149 Å². The Morgan fingerprint density at radius 1 is 1.38 bits per heavy atom. The number of ether oxygens (including phenoxy) is 1. The minimum atomic E-state index is -0.168. The molecule has 24 heavy (non-hydrogen) atoms. The van der Waals surface area contributed by atoms with Gasteiger partial charge in [-0.25, -0.2) is 0 Å². The molecule has 134 valence electrons. The second-order valence-corrected chi connectivity index (χ2v) is 5.60. The second kappa shape index (κ2) is 10.2. The molecule has 7 heteroatoms. The zero-order chi connectivity index (χ0) is 16.7. The number of piperidine rings is 1. The molecule has 1 saturated heterocycles. The first-order chi connectivity index (χ1) is 11.2. The van der Waals surface area contributed by atoms with Crippen molar-refractivity contribution < 1.29 is 14.3 Å². The van der Waals surface area contributed by atoms with Crippen LogP contribution in [0.4, 0.5) is 0 Å². The first-order valence-electron chi connectivity index (χ1n) is 8.16. The minimum Gasteiger partial charge on any atom is -0.493 e. The summed E-state index contributed by atoms with van der Waals surface area (Å²) in [7, 11) is 0. The Morgan fingerprint density at radius 2 is 2.12 bits per heavy atom. The lowest BCUT2D eigenvalue weighted by Crippen LogP contribution is -2.46. The highest BCUT2D eigenvalue weighted by molar-refractivity contribution is 5.97. The van der Waals surface area contributed by atoms with Crippen molar-refractivity contribution in [2.45, 2.75) is 19.8 Å². The Hall–Kier alpha value is -1.79. The fourth-order valence-electron chi connectivity index (χ4n) is 2.81. The third-order valence-electron chi connectivity index (χ3n) is 3.94. The van der Waals surface area contributed by atoms with Crippen LogP contribution in [0.1, 0.15) is 30.1 Å². The highest BCUT2D eigenvalue weighted by atomic mass is 35.5. The first-order valence-corrected chi connectivity index (χ1v) is 8.16. The SMILES string of the molecule is CCOc1ccccc1C(=O)N1CCCC(C(=O)NCCN)C1.Cl. The summed E-state index contributed by atoms with van der Waals surface area (Å²) in [5.41, 5.74) is 5.96. The van der Waals surface area contributed by atoms with E-state index in [0.717, 1.165) is 12.8 Å². The number of likely N-dealkylation sites (tertiary alicyclic amines) is 1. The number of para-hydroxylation sites is 1. The molecule has 0 spiro atoms. The smallest absolute Gasteiger partial charge is 0.257 e. The number of halogens is 1. The number of nitrogens with one attached hydrogen (secondary N) is 1. The molecule has 3 N–H and O–H groups in total. The minimum absolute atomic E-state index is 0. The zero-order valence-corrected chi connectivity index (χ0v) is 14.8. The van der Waals surface area contributed by atoms with Gasteiger partial charge in [0.15, 0.2) is 0 Å². The van der Waals surface area contributed by atoms with Gasteiger partial charge in [0.05, 0.1) is 18.1 Å². The Morgan fingerprint density at radius 3 is 2.83 bits per heavy atom. The van der Waals surface area contributed by atoms with Crippen LogP contribution in [0.3, 0.4) is 0 Å². The fourth-order valence-corrected chi connectivity index (χ4v) is 2.81. The monoisotopic (exact) mass is 355 g/mol. The summed E-state index contributed by atoms with van der Waals surface area (Å²) in [6.45, 7) is 4.39. The lowest BCUT2D eigenvalue weighted by molar-refractivity contribution is -0.126. The van der Waals surface area contributed by atoms with Gasteiger partial charge in [0.1, 0.15) is 5.75 Å². The van der Waals surface area contributed by atoms with Gasteiger partial charge in [-0.2, -0.15) is 0 Å². The quantitative estimate of drug-likeness (QED) is 0.808. The average Bonchev–Trinajstić information content (AvgIpc) is 2.60. The summed E-state index contributed by atoms with van der Waals surface area (Å²) in [5, 5.41) is 2.81. The van der Waals surface area contributed by atoms with Crippen LogP contribution in [0.2, 0.25) is 0 Å². The maximum Gasteiger partial charge on any atom is 0.257 e. The van der Waals surface area contributed by atoms with E-state index in [2.05, 4.69) is 5.32 Å². The molecule has 2 rings (SSSR count). The van der Waals surface area contributed by atoms with Gasteiger partial charge in [-0.15, -0.1) is 12.4 Å². The largest absolute Gasteiger partial charge is 0.493 e. The first kappa shape index (κ1) is 20.3. The van der Waals surface area contributed by atoms with E-state index in [1.807, 2.05) is 19.1 Å². The molecule has 0 aromatic heterocycles. The summed E-state index contributed by atoms with van der Waals surface area (Å²) in [6, 6.07) is 7.24. The van der Waals surface area contributed by atoms with Crippen molar-refractivity contribution in [2.75, 3.05) is 32.8 Å². The molecule has 1 heterocycles. The molecule has 0 bridgehead atoms. The molecule has 1 aromatic carbocycles. The van der Waals surface area contributed by atoms with Crippen molar-refractivity contribution in [1.82, 2.24) is 10.2 Å².